The normalized spacial score (nSPS) is 10.3. The summed E-state index contributed by atoms with van der Waals surface area (Å²) in [6.07, 6.45) is 1.72. The van der Waals surface area contributed by atoms with Crippen LogP contribution in [0.15, 0.2) is 30.5 Å². The van der Waals surface area contributed by atoms with Crippen molar-refractivity contribution in [3.63, 3.8) is 0 Å². The van der Waals surface area contributed by atoms with Crippen LogP contribution in [-0.4, -0.2) is 38.7 Å². The SMILES string of the molecule is CCOc1c(Cl)cc(C(=O)NCc2cccnc2N(C)C)cc1OC. The molecular formula is C18H22ClN3O3. The van der Waals surface area contributed by atoms with Gasteiger partial charge in [0.05, 0.1) is 18.7 Å². The Bertz CT molecular complexity index is 750. The summed E-state index contributed by atoms with van der Waals surface area (Å²) >= 11 is 6.22. The van der Waals surface area contributed by atoms with E-state index in [1.54, 1.807) is 18.3 Å². The number of hydrogen-bond donors (Lipinski definition) is 1. The summed E-state index contributed by atoms with van der Waals surface area (Å²) in [4.78, 5) is 18.7. The van der Waals surface area contributed by atoms with Crippen molar-refractivity contribution < 1.29 is 14.3 Å². The minimum atomic E-state index is -0.253. The topological polar surface area (TPSA) is 63.7 Å². The van der Waals surface area contributed by atoms with E-state index in [1.807, 2.05) is 38.1 Å². The van der Waals surface area contributed by atoms with E-state index in [0.717, 1.165) is 11.4 Å². The van der Waals surface area contributed by atoms with E-state index in [-0.39, 0.29) is 5.91 Å². The molecule has 6 nitrogen and oxygen atoms in total. The molecule has 0 bridgehead atoms. The van der Waals surface area contributed by atoms with Gasteiger partial charge < -0.3 is 19.7 Å². The second kappa shape index (κ2) is 8.58. The van der Waals surface area contributed by atoms with Gasteiger partial charge in [0.1, 0.15) is 5.82 Å². The van der Waals surface area contributed by atoms with Crippen LogP contribution in [0.2, 0.25) is 5.02 Å². The van der Waals surface area contributed by atoms with Gasteiger partial charge in [-0.25, -0.2) is 4.98 Å². The van der Waals surface area contributed by atoms with E-state index in [1.165, 1.54) is 7.11 Å². The number of benzene rings is 1. The summed E-state index contributed by atoms with van der Waals surface area (Å²) in [6.45, 7) is 2.66. The zero-order valence-electron chi connectivity index (χ0n) is 14.8. The fourth-order valence-electron chi connectivity index (χ4n) is 2.38. The lowest BCUT2D eigenvalue weighted by atomic mass is 10.1. The van der Waals surface area contributed by atoms with E-state index >= 15 is 0 Å². The average molecular weight is 364 g/mol. The molecule has 1 amide bonds. The molecule has 0 aliphatic carbocycles. The van der Waals surface area contributed by atoms with Crippen molar-refractivity contribution in [3.8, 4) is 11.5 Å². The molecule has 1 aromatic carbocycles. The summed E-state index contributed by atoms with van der Waals surface area (Å²) in [7, 11) is 5.32. The van der Waals surface area contributed by atoms with E-state index < -0.39 is 0 Å². The first kappa shape index (κ1) is 18.9. The number of carbonyl (C=O) groups excluding carboxylic acids is 1. The van der Waals surface area contributed by atoms with Gasteiger partial charge in [-0.15, -0.1) is 0 Å². The van der Waals surface area contributed by atoms with Gasteiger partial charge in [-0.3, -0.25) is 4.79 Å². The average Bonchev–Trinajstić information content (AvgIpc) is 2.61. The third kappa shape index (κ3) is 4.54. The largest absolute Gasteiger partial charge is 0.493 e. The monoisotopic (exact) mass is 363 g/mol. The first-order valence-corrected chi connectivity index (χ1v) is 8.25. The van der Waals surface area contributed by atoms with Gasteiger partial charge in [0.2, 0.25) is 0 Å². The lowest BCUT2D eigenvalue weighted by Crippen LogP contribution is -2.24. The van der Waals surface area contributed by atoms with Crippen molar-refractivity contribution >= 4 is 23.3 Å². The van der Waals surface area contributed by atoms with Gasteiger partial charge in [0, 0.05) is 38.0 Å². The third-order valence-electron chi connectivity index (χ3n) is 3.51. The number of amides is 1. The molecule has 1 aromatic heterocycles. The Morgan fingerprint density at radius 2 is 2.12 bits per heavy atom. The molecule has 134 valence electrons. The molecule has 0 atom stereocenters. The quantitative estimate of drug-likeness (QED) is 0.818. The number of aromatic nitrogens is 1. The standard InChI is InChI=1S/C18H22ClN3O3/c1-5-25-16-14(19)9-13(10-15(16)24-4)18(23)21-11-12-7-6-8-20-17(12)22(2)3/h6-10H,5,11H2,1-4H3,(H,21,23). The van der Waals surface area contributed by atoms with Crippen molar-refractivity contribution in [2.24, 2.45) is 0 Å². The van der Waals surface area contributed by atoms with Crippen molar-refractivity contribution in [1.29, 1.82) is 0 Å². The van der Waals surface area contributed by atoms with Crippen molar-refractivity contribution in [2.75, 3.05) is 32.7 Å². The summed E-state index contributed by atoms with van der Waals surface area (Å²) in [5, 5.41) is 3.21. The minimum absolute atomic E-state index is 0.253. The van der Waals surface area contributed by atoms with Gasteiger partial charge in [0.25, 0.3) is 5.91 Å². The van der Waals surface area contributed by atoms with Crippen LogP contribution in [0.5, 0.6) is 11.5 Å². The molecule has 0 fully saturated rings. The van der Waals surface area contributed by atoms with Gasteiger partial charge in [0.15, 0.2) is 11.5 Å². The van der Waals surface area contributed by atoms with Gasteiger partial charge in [-0.05, 0) is 25.1 Å². The molecule has 0 unspecified atom stereocenters. The number of hydrogen-bond acceptors (Lipinski definition) is 5. The van der Waals surface area contributed by atoms with Crippen LogP contribution in [-0.2, 0) is 6.54 Å². The Kier molecular flexibility index (Phi) is 6.47. The fourth-order valence-corrected chi connectivity index (χ4v) is 2.65. The summed E-state index contributed by atoms with van der Waals surface area (Å²) in [5.74, 6) is 1.42. The third-order valence-corrected chi connectivity index (χ3v) is 3.79. The van der Waals surface area contributed by atoms with Crippen LogP contribution in [0.25, 0.3) is 0 Å². The maximum Gasteiger partial charge on any atom is 0.251 e. The molecule has 0 aliphatic heterocycles. The highest BCUT2D eigenvalue weighted by molar-refractivity contribution is 6.32. The second-order valence-corrected chi connectivity index (χ2v) is 5.89. The summed E-state index contributed by atoms with van der Waals surface area (Å²) in [6, 6.07) is 6.95. The van der Waals surface area contributed by atoms with E-state index in [4.69, 9.17) is 21.1 Å². The predicted octanol–water partition coefficient (Wildman–Crippen LogP) is 3.14. The number of pyridine rings is 1. The molecule has 0 aliphatic rings. The zero-order valence-corrected chi connectivity index (χ0v) is 15.6. The van der Waals surface area contributed by atoms with Gasteiger partial charge >= 0.3 is 0 Å². The van der Waals surface area contributed by atoms with Crippen LogP contribution in [0, 0.1) is 0 Å². The van der Waals surface area contributed by atoms with Gasteiger partial charge in [-0.1, -0.05) is 17.7 Å². The molecule has 0 radical (unpaired) electrons. The second-order valence-electron chi connectivity index (χ2n) is 5.49. The lowest BCUT2D eigenvalue weighted by Gasteiger charge is -2.16. The van der Waals surface area contributed by atoms with Crippen LogP contribution in [0.1, 0.15) is 22.8 Å². The van der Waals surface area contributed by atoms with Crippen LogP contribution in [0.4, 0.5) is 5.82 Å². The molecule has 0 saturated heterocycles. The number of carbonyl (C=O) groups is 1. The zero-order chi connectivity index (χ0) is 18.4. The summed E-state index contributed by atoms with van der Waals surface area (Å²) < 4.78 is 10.7. The number of methoxy groups -OCH3 is 1. The smallest absolute Gasteiger partial charge is 0.251 e. The number of ether oxygens (including phenoxy) is 2. The number of rotatable bonds is 7. The molecule has 1 N–H and O–H groups in total. The van der Waals surface area contributed by atoms with E-state index in [2.05, 4.69) is 10.3 Å². The Hall–Kier alpha value is -2.47. The van der Waals surface area contributed by atoms with Crippen LogP contribution in [0.3, 0.4) is 0 Å². The highest BCUT2D eigenvalue weighted by atomic mass is 35.5. The van der Waals surface area contributed by atoms with E-state index in [9.17, 15) is 4.79 Å². The maximum absolute atomic E-state index is 12.5. The highest BCUT2D eigenvalue weighted by Crippen LogP contribution is 2.36. The molecule has 2 rings (SSSR count). The Morgan fingerprint density at radius 3 is 2.76 bits per heavy atom. The van der Waals surface area contributed by atoms with Crippen LogP contribution < -0.4 is 19.7 Å². The van der Waals surface area contributed by atoms with E-state index in [0.29, 0.717) is 35.2 Å². The van der Waals surface area contributed by atoms with Crippen molar-refractivity contribution in [2.45, 2.75) is 13.5 Å². The predicted molar refractivity (Wildman–Crippen MR) is 98.9 cm³/mol. The highest BCUT2D eigenvalue weighted by Gasteiger charge is 2.16. The summed E-state index contributed by atoms with van der Waals surface area (Å²) in [5.41, 5.74) is 1.32. The molecule has 0 spiro atoms. The molecule has 7 heteroatoms. The maximum atomic E-state index is 12.5. The Balaban J connectivity index is 2.18. The van der Waals surface area contributed by atoms with Crippen molar-refractivity contribution in [3.05, 3.63) is 46.6 Å². The first-order chi connectivity index (χ1) is 12.0. The van der Waals surface area contributed by atoms with Gasteiger partial charge in [-0.2, -0.15) is 0 Å². The Labute approximate surface area is 152 Å². The van der Waals surface area contributed by atoms with Crippen LogP contribution >= 0.6 is 11.6 Å². The number of nitrogens with zero attached hydrogens (tertiary/aromatic N) is 2. The Morgan fingerprint density at radius 1 is 1.36 bits per heavy atom. The number of anilines is 1. The fraction of sp³-hybridized carbons (Fsp3) is 0.333. The molecule has 0 saturated carbocycles. The minimum Gasteiger partial charge on any atom is -0.493 e. The number of nitrogens with one attached hydrogen (secondary N) is 1. The molecule has 2 aromatic rings. The number of halogens is 1. The first-order valence-electron chi connectivity index (χ1n) is 7.87. The molecule has 1 heterocycles. The molecule has 25 heavy (non-hydrogen) atoms. The van der Waals surface area contributed by atoms with Crippen molar-refractivity contribution in [1.82, 2.24) is 10.3 Å². The molecular weight excluding hydrogens is 342 g/mol. The lowest BCUT2D eigenvalue weighted by molar-refractivity contribution is 0.0950.